The number of pyridine rings is 2. The van der Waals surface area contributed by atoms with Crippen LogP contribution < -0.4 is 9.64 Å². The van der Waals surface area contributed by atoms with Crippen molar-refractivity contribution in [2.75, 3.05) is 18.0 Å². The lowest BCUT2D eigenvalue weighted by atomic mass is 10.1. The third kappa shape index (κ3) is 4.36. The molecule has 0 saturated carbocycles. The lowest BCUT2D eigenvalue weighted by molar-refractivity contribution is 0.279. The van der Waals surface area contributed by atoms with Crippen molar-refractivity contribution in [3.63, 3.8) is 0 Å². The summed E-state index contributed by atoms with van der Waals surface area (Å²) in [6, 6.07) is 10.1. The standard InChI is InChI=1S/C23H21N7OS/c24-12-18(21-28-20-5-4-7-26-22(20)32-21)19-6-8-27-23(29-19)31-15-16-11-17(14-25-13-16)30-9-2-1-3-10-30/h4-8,11,13-14,18H,1-3,9-10,15H2. The fourth-order valence-electron chi connectivity index (χ4n) is 3.77. The van der Waals surface area contributed by atoms with Gasteiger partial charge in [0.05, 0.1) is 23.6 Å². The van der Waals surface area contributed by atoms with Gasteiger partial charge in [0, 0.05) is 37.2 Å². The number of ether oxygens (including phenoxy) is 1. The minimum atomic E-state index is -0.608. The quantitative estimate of drug-likeness (QED) is 0.439. The topological polar surface area (TPSA) is 101 Å². The maximum Gasteiger partial charge on any atom is 0.316 e. The SMILES string of the molecule is N#CC(c1ccnc(OCc2cncc(N3CCCCC3)c2)n1)c1nc2cccnc2s1. The fraction of sp³-hybridized carbons (Fsp3) is 0.304. The Bertz CT molecular complexity index is 1230. The molecule has 1 unspecified atom stereocenters. The average molecular weight is 444 g/mol. The van der Waals surface area contributed by atoms with Crippen LogP contribution in [0, 0.1) is 11.3 Å². The molecule has 0 radical (unpaired) electrons. The average Bonchev–Trinajstić information content (AvgIpc) is 3.28. The van der Waals surface area contributed by atoms with Crippen LogP contribution in [0.3, 0.4) is 0 Å². The molecule has 1 atom stereocenters. The highest BCUT2D eigenvalue weighted by molar-refractivity contribution is 7.18. The molecule has 8 nitrogen and oxygen atoms in total. The van der Waals surface area contributed by atoms with Crippen LogP contribution in [0.5, 0.6) is 6.01 Å². The summed E-state index contributed by atoms with van der Waals surface area (Å²) in [5.41, 5.74) is 3.40. The fourth-order valence-corrected chi connectivity index (χ4v) is 4.73. The van der Waals surface area contributed by atoms with Crippen LogP contribution in [0.25, 0.3) is 10.3 Å². The largest absolute Gasteiger partial charge is 0.459 e. The Hall–Kier alpha value is -3.64. The molecule has 0 N–H and O–H groups in total. The number of aromatic nitrogens is 5. The minimum Gasteiger partial charge on any atom is -0.459 e. The van der Waals surface area contributed by atoms with Crippen LogP contribution in [0.4, 0.5) is 5.69 Å². The second-order valence-corrected chi connectivity index (χ2v) is 8.60. The van der Waals surface area contributed by atoms with Crippen LogP contribution in [0.1, 0.15) is 41.4 Å². The molecule has 0 spiro atoms. The molecule has 160 valence electrons. The number of nitriles is 1. The predicted octanol–water partition coefficient (Wildman–Crippen LogP) is 4.10. The van der Waals surface area contributed by atoms with E-state index in [4.69, 9.17) is 4.74 Å². The predicted molar refractivity (Wildman–Crippen MR) is 122 cm³/mol. The Balaban J connectivity index is 1.31. The molecule has 0 aromatic carbocycles. The van der Waals surface area contributed by atoms with Crippen molar-refractivity contribution in [3.05, 3.63) is 65.3 Å². The van der Waals surface area contributed by atoms with E-state index in [0.717, 1.165) is 34.7 Å². The van der Waals surface area contributed by atoms with Gasteiger partial charge in [-0.05, 0) is 43.5 Å². The smallest absolute Gasteiger partial charge is 0.316 e. The molecule has 0 aliphatic carbocycles. The molecule has 5 rings (SSSR count). The number of piperidine rings is 1. The van der Waals surface area contributed by atoms with Gasteiger partial charge in [-0.25, -0.2) is 15.0 Å². The first-order valence-electron chi connectivity index (χ1n) is 10.6. The zero-order chi connectivity index (χ0) is 21.8. The number of anilines is 1. The summed E-state index contributed by atoms with van der Waals surface area (Å²) in [7, 11) is 0. The summed E-state index contributed by atoms with van der Waals surface area (Å²) >= 11 is 1.40. The van der Waals surface area contributed by atoms with Gasteiger partial charge in [0.1, 0.15) is 27.9 Å². The van der Waals surface area contributed by atoms with E-state index in [-0.39, 0.29) is 6.01 Å². The highest BCUT2D eigenvalue weighted by Gasteiger charge is 2.21. The summed E-state index contributed by atoms with van der Waals surface area (Å²) in [5.74, 6) is -0.608. The zero-order valence-corrected chi connectivity index (χ0v) is 18.2. The molecule has 4 aromatic rings. The summed E-state index contributed by atoms with van der Waals surface area (Å²) in [4.78, 5) is 25.1. The Kier molecular flexibility index (Phi) is 5.85. The molecule has 0 amide bonds. The van der Waals surface area contributed by atoms with E-state index in [1.54, 1.807) is 24.7 Å². The van der Waals surface area contributed by atoms with Crippen molar-refractivity contribution in [2.45, 2.75) is 31.8 Å². The molecule has 1 aliphatic heterocycles. The maximum atomic E-state index is 9.79. The second-order valence-electron chi connectivity index (χ2n) is 7.59. The molecule has 9 heteroatoms. The second kappa shape index (κ2) is 9.24. The van der Waals surface area contributed by atoms with E-state index in [1.807, 2.05) is 18.3 Å². The van der Waals surface area contributed by atoms with Gasteiger partial charge in [-0.3, -0.25) is 4.98 Å². The highest BCUT2D eigenvalue weighted by Crippen LogP contribution is 2.30. The van der Waals surface area contributed by atoms with E-state index in [9.17, 15) is 5.26 Å². The van der Waals surface area contributed by atoms with Gasteiger partial charge in [0.15, 0.2) is 0 Å². The number of thiazole rings is 1. The molecule has 1 fully saturated rings. The molecular formula is C23H21N7OS. The zero-order valence-electron chi connectivity index (χ0n) is 17.4. The summed E-state index contributed by atoms with van der Waals surface area (Å²) in [5, 5.41) is 10.5. The van der Waals surface area contributed by atoms with Crippen molar-refractivity contribution < 1.29 is 4.74 Å². The van der Waals surface area contributed by atoms with Gasteiger partial charge in [-0.15, -0.1) is 0 Å². The molecule has 32 heavy (non-hydrogen) atoms. The number of nitrogens with zero attached hydrogens (tertiary/aromatic N) is 7. The summed E-state index contributed by atoms with van der Waals surface area (Å²) in [6.07, 6.45) is 10.7. The first-order valence-corrected chi connectivity index (χ1v) is 11.4. The molecule has 0 bridgehead atoms. The normalized spacial score (nSPS) is 14.8. The van der Waals surface area contributed by atoms with E-state index < -0.39 is 5.92 Å². The van der Waals surface area contributed by atoms with E-state index in [1.165, 1.54) is 30.6 Å². The first kappa shape index (κ1) is 20.3. The summed E-state index contributed by atoms with van der Waals surface area (Å²) in [6.45, 7) is 2.43. The highest BCUT2D eigenvalue weighted by atomic mass is 32.1. The van der Waals surface area contributed by atoms with Gasteiger partial charge in [0.2, 0.25) is 0 Å². The molecule has 5 heterocycles. The number of hydrogen-bond donors (Lipinski definition) is 0. The Morgan fingerprint density at radius 1 is 1.09 bits per heavy atom. The number of rotatable bonds is 6. The van der Waals surface area contributed by atoms with Crippen LogP contribution in [0.15, 0.2) is 49.1 Å². The lowest BCUT2D eigenvalue weighted by Crippen LogP contribution is -2.29. The van der Waals surface area contributed by atoms with Crippen LogP contribution in [-0.4, -0.2) is 38.0 Å². The van der Waals surface area contributed by atoms with Crippen molar-refractivity contribution in [3.8, 4) is 12.1 Å². The van der Waals surface area contributed by atoms with Crippen LogP contribution in [0.2, 0.25) is 0 Å². The third-order valence-corrected chi connectivity index (χ3v) is 6.42. The van der Waals surface area contributed by atoms with Crippen molar-refractivity contribution >= 4 is 27.4 Å². The van der Waals surface area contributed by atoms with E-state index in [0.29, 0.717) is 17.3 Å². The molecule has 4 aromatic heterocycles. The van der Waals surface area contributed by atoms with E-state index >= 15 is 0 Å². The van der Waals surface area contributed by atoms with Crippen LogP contribution >= 0.6 is 11.3 Å². The van der Waals surface area contributed by atoms with Gasteiger partial charge >= 0.3 is 6.01 Å². The van der Waals surface area contributed by atoms with Crippen molar-refractivity contribution in [1.29, 1.82) is 5.26 Å². The Morgan fingerprint density at radius 3 is 2.84 bits per heavy atom. The van der Waals surface area contributed by atoms with Gasteiger partial charge in [0.25, 0.3) is 0 Å². The van der Waals surface area contributed by atoms with Gasteiger partial charge in [-0.2, -0.15) is 10.2 Å². The van der Waals surface area contributed by atoms with E-state index in [2.05, 4.69) is 42.0 Å². The molecule has 1 aliphatic rings. The third-order valence-electron chi connectivity index (χ3n) is 5.38. The monoisotopic (exact) mass is 443 g/mol. The first-order chi connectivity index (χ1) is 15.8. The lowest BCUT2D eigenvalue weighted by Gasteiger charge is -2.28. The van der Waals surface area contributed by atoms with Crippen molar-refractivity contribution in [1.82, 2.24) is 24.9 Å². The van der Waals surface area contributed by atoms with Crippen LogP contribution in [-0.2, 0) is 6.61 Å². The van der Waals surface area contributed by atoms with Gasteiger partial charge in [-0.1, -0.05) is 11.3 Å². The molecular weight excluding hydrogens is 422 g/mol. The summed E-state index contributed by atoms with van der Waals surface area (Å²) < 4.78 is 5.85. The Morgan fingerprint density at radius 2 is 2.00 bits per heavy atom. The number of fused-ring (bicyclic) bond motifs is 1. The van der Waals surface area contributed by atoms with Crippen molar-refractivity contribution in [2.24, 2.45) is 0 Å². The molecule has 1 saturated heterocycles. The maximum absolute atomic E-state index is 9.79. The minimum absolute atomic E-state index is 0.227. The van der Waals surface area contributed by atoms with Gasteiger partial charge < -0.3 is 9.64 Å². The Labute approximate surface area is 189 Å². The number of hydrogen-bond acceptors (Lipinski definition) is 9.